The molecule has 0 saturated carbocycles. The summed E-state index contributed by atoms with van der Waals surface area (Å²) in [5.74, 6) is 0.498. The number of aryl methyl sites for hydroxylation is 1. The molecule has 0 fully saturated rings. The molecule has 1 atom stereocenters. The normalized spacial score (nSPS) is 12.5. The highest BCUT2D eigenvalue weighted by Crippen LogP contribution is 2.23. The molecule has 2 aromatic heterocycles. The Bertz CT molecular complexity index is 971. The number of rotatable bonds is 6. The predicted octanol–water partition coefficient (Wildman–Crippen LogP) is 2.80. The molecule has 0 radical (unpaired) electrons. The molecule has 3 aromatic rings. The molecule has 2 heterocycles. The Morgan fingerprint density at radius 1 is 1.33 bits per heavy atom. The van der Waals surface area contributed by atoms with E-state index in [0.29, 0.717) is 17.2 Å². The quantitative estimate of drug-likeness (QED) is 0.511. The summed E-state index contributed by atoms with van der Waals surface area (Å²) in [6.07, 6.45) is 0. The lowest BCUT2D eigenvalue weighted by atomic mass is 10.0. The van der Waals surface area contributed by atoms with Crippen LogP contribution in [0.2, 0.25) is 0 Å². The Morgan fingerprint density at radius 2 is 2.04 bits per heavy atom. The van der Waals surface area contributed by atoms with Gasteiger partial charge in [-0.3, -0.25) is 19.6 Å². The third kappa shape index (κ3) is 3.67. The maximum absolute atomic E-state index is 12.6. The summed E-state index contributed by atoms with van der Waals surface area (Å²) in [4.78, 5) is 31.0. The largest absolute Gasteiger partial charge is 0.344 e. The van der Waals surface area contributed by atoms with Crippen molar-refractivity contribution in [3.63, 3.8) is 0 Å². The zero-order valence-corrected chi connectivity index (χ0v) is 15.7. The molecule has 2 N–H and O–H groups in total. The number of benzene rings is 1. The molecule has 1 amide bonds. The average Bonchev–Trinajstić information content (AvgIpc) is 3.13. The van der Waals surface area contributed by atoms with Crippen molar-refractivity contribution >= 4 is 22.6 Å². The maximum atomic E-state index is 12.6. The van der Waals surface area contributed by atoms with Gasteiger partial charge in [0.25, 0.3) is 0 Å². The molecule has 0 unspecified atom stereocenters. The van der Waals surface area contributed by atoms with Crippen molar-refractivity contribution in [1.82, 2.24) is 25.1 Å². The molecule has 3 rings (SSSR count). The van der Waals surface area contributed by atoms with Gasteiger partial charge in [-0.05, 0) is 31.9 Å². The van der Waals surface area contributed by atoms with E-state index in [1.165, 1.54) is 4.68 Å². The van der Waals surface area contributed by atoms with Gasteiger partial charge in [0, 0.05) is 0 Å². The van der Waals surface area contributed by atoms with Gasteiger partial charge in [-0.1, -0.05) is 26.0 Å². The molecule has 9 nitrogen and oxygen atoms in total. The fourth-order valence-corrected chi connectivity index (χ4v) is 3.13. The van der Waals surface area contributed by atoms with E-state index in [2.05, 4.69) is 20.4 Å². The Labute approximate surface area is 155 Å². The van der Waals surface area contributed by atoms with Gasteiger partial charge in [-0.2, -0.15) is 5.10 Å². The summed E-state index contributed by atoms with van der Waals surface area (Å²) >= 11 is 0. The van der Waals surface area contributed by atoms with Crippen LogP contribution in [0.15, 0.2) is 24.3 Å². The van der Waals surface area contributed by atoms with Gasteiger partial charge in [0.05, 0.1) is 22.0 Å². The average molecular weight is 370 g/mol. The number of amides is 1. The number of nitro groups is 1. The zero-order chi connectivity index (χ0) is 19.7. The summed E-state index contributed by atoms with van der Waals surface area (Å²) in [6.45, 7) is 7.04. The summed E-state index contributed by atoms with van der Waals surface area (Å²) in [5, 5.41) is 18.2. The second-order valence-corrected chi connectivity index (χ2v) is 6.86. The van der Waals surface area contributed by atoms with Crippen molar-refractivity contribution in [1.29, 1.82) is 0 Å². The molecule has 0 spiro atoms. The third-order valence-electron chi connectivity index (χ3n) is 4.50. The van der Waals surface area contributed by atoms with Crippen LogP contribution in [0.5, 0.6) is 0 Å². The van der Waals surface area contributed by atoms with E-state index in [0.717, 1.165) is 11.0 Å². The van der Waals surface area contributed by atoms with E-state index in [1.54, 1.807) is 13.8 Å². The van der Waals surface area contributed by atoms with Gasteiger partial charge in [0.15, 0.2) is 0 Å². The first-order valence-corrected chi connectivity index (χ1v) is 8.70. The molecule has 0 saturated heterocycles. The Hall–Kier alpha value is -3.23. The van der Waals surface area contributed by atoms with Crippen LogP contribution in [-0.4, -0.2) is 30.6 Å². The summed E-state index contributed by atoms with van der Waals surface area (Å²) in [5.41, 5.74) is 2.34. The van der Waals surface area contributed by atoms with Crippen molar-refractivity contribution in [3.05, 3.63) is 51.6 Å². The molecule has 1 aromatic carbocycles. The number of hydrogen-bond acceptors (Lipinski definition) is 5. The number of para-hydroxylation sites is 2. The topological polar surface area (TPSA) is 119 Å². The first-order valence-electron chi connectivity index (χ1n) is 8.70. The van der Waals surface area contributed by atoms with E-state index in [1.807, 2.05) is 38.1 Å². The van der Waals surface area contributed by atoms with Crippen molar-refractivity contribution in [2.24, 2.45) is 5.92 Å². The highest BCUT2D eigenvalue weighted by Gasteiger charge is 2.25. The fourth-order valence-electron chi connectivity index (χ4n) is 3.13. The van der Waals surface area contributed by atoms with Crippen molar-refractivity contribution in [3.8, 4) is 0 Å². The number of carbonyl (C=O) groups is 1. The number of nitrogens with zero attached hydrogens (tertiary/aromatic N) is 4. The minimum Gasteiger partial charge on any atom is -0.344 e. The van der Waals surface area contributed by atoms with Crippen LogP contribution < -0.4 is 5.32 Å². The Kier molecular flexibility index (Phi) is 4.93. The van der Waals surface area contributed by atoms with Gasteiger partial charge < -0.3 is 10.3 Å². The minimum atomic E-state index is -0.475. The maximum Gasteiger partial charge on any atom is 0.312 e. The number of aromatic amines is 1. The SMILES string of the molecule is Cc1nn(CC(=O)N[C@H](c2nc3ccccc3[nH]2)C(C)C)c(C)c1[N+](=O)[O-]. The van der Waals surface area contributed by atoms with Crippen LogP contribution in [0, 0.1) is 29.9 Å². The smallest absolute Gasteiger partial charge is 0.312 e. The lowest BCUT2D eigenvalue weighted by Crippen LogP contribution is -2.35. The van der Waals surface area contributed by atoms with Gasteiger partial charge in [-0.15, -0.1) is 0 Å². The highest BCUT2D eigenvalue weighted by atomic mass is 16.6. The van der Waals surface area contributed by atoms with Crippen LogP contribution in [-0.2, 0) is 11.3 Å². The molecule has 0 aliphatic rings. The number of fused-ring (bicyclic) bond motifs is 1. The molecule has 0 bridgehead atoms. The summed E-state index contributed by atoms with van der Waals surface area (Å²) < 4.78 is 1.36. The monoisotopic (exact) mass is 370 g/mol. The molecular weight excluding hydrogens is 348 g/mol. The number of aromatic nitrogens is 4. The van der Waals surface area contributed by atoms with Crippen LogP contribution >= 0.6 is 0 Å². The van der Waals surface area contributed by atoms with Gasteiger partial charge in [0.2, 0.25) is 5.91 Å². The van der Waals surface area contributed by atoms with Gasteiger partial charge in [0.1, 0.15) is 23.8 Å². The molecule has 0 aliphatic carbocycles. The Balaban J connectivity index is 1.80. The predicted molar refractivity (Wildman–Crippen MR) is 100 cm³/mol. The van der Waals surface area contributed by atoms with E-state index in [-0.39, 0.29) is 30.1 Å². The third-order valence-corrected chi connectivity index (χ3v) is 4.50. The summed E-state index contributed by atoms with van der Waals surface area (Å²) in [7, 11) is 0. The van der Waals surface area contributed by atoms with Crippen LogP contribution in [0.25, 0.3) is 11.0 Å². The van der Waals surface area contributed by atoms with Crippen molar-refractivity contribution < 1.29 is 9.72 Å². The molecular formula is C18H22N6O3. The second kappa shape index (κ2) is 7.18. The van der Waals surface area contributed by atoms with Crippen molar-refractivity contribution in [2.45, 2.75) is 40.3 Å². The van der Waals surface area contributed by atoms with Gasteiger partial charge in [-0.25, -0.2) is 4.98 Å². The standard InChI is InChI=1S/C18H22N6O3/c1-10(2)16(18-19-13-7-5-6-8-14(13)20-18)21-15(25)9-23-12(4)17(24(26)27)11(3)22-23/h5-8,10,16H,9H2,1-4H3,(H,19,20)(H,21,25)/t16-/m0/s1. The van der Waals surface area contributed by atoms with Crippen LogP contribution in [0.3, 0.4) is 0 Å². The first-order chi connectivity index (χ1) is 12.8. The van der Waals surface area contributed by atoms with E-state index >= 15 is 0 Å². The van der Waals surface area contributed by atoms with E-state index < -0.39 is 4.92 Å². The molecule has 27 heavy (non-hydrogen) atoms. The number of imidazole rings is 1. The number of hydrogen-bond donors (Lipinski definition) is 2. The molecule has 0 aliphatic heterocycles. The second-order valence-electron chi connectivity index (χ2n) is 6.86. The van der Waals surface area contributed by atoms with Crippen LogP contribution in [0.4, 0.5) is 5.69 Å². The first kappa shape index (κ1) is 18.6. The van der Waals surface area contributed by atoms with Crippen molar-refractivity contribution in [2.75, 3.05) is 0 Å². The van der Waals surface area contributed by atoms with E-state index in [9.17, 15) is 14.9 Å². The lowest BCUT2D eigenvalue weighted by Gasteiger charge is -2.20. The molecule has 142 valence electrons. The number of nitrogens with one attached hydrogen (secondary N) is 2. The number of H-pyrrole nitrogens is 1. The number of carbonyl (C=O) groups excluding carboxylic acids is 1. The zero-order valence-electron chi connectivity index (χ0n) is 15.7. The van der Waals surface area contributed by atoms with Gasteiger partial charge >= 0.3 is 5.69 Å². The summed E-state index contributed by atoms with van der Waals surface area (Å²) in [6, 6.07) is 7.36. The highest BCUT2D eigenvalue weighted by molar-refractivity contribution is 5.77. The minimum absolute atomic E-state index is 0.0551. The van der Waals surface area contributed by atoms with E-state index in [4.69, 9.17) is 0 Å². The molecule has 9 heteroatoms. The lowest BCUT2D eigenvalue weighted by molar-refractivity contribution is -0.386. The fraction of sp³-hybridized carbons (Fsp3) is 0.389. The van der Waals surface area contributed by atoms with Crippen LogP contribution in [0.1, 0.15) is 37.1 Å². The Morgan fingerprint density at radius 3 is 2.63 bits per heavy atom.